The maximum absolute atomic E-state index is 11.4. The summed E-state index contributed by atoms with van der Waals surface area (Å²) in [4.78, 5) is 16.7. The van der Waals surface area contributed by atoms with E-state index in [2.05, 4.69) is 25.1 Å². The molecule has 0 radical (unpaired) electrons. The van der Waals surface area contributed by atoms with Crippen LogP contribution in [0.4, 0.5) is 0 Å². The first kappa shape index (κ1) is 10.7. The lowest BCUT2D eigenvalue weighted by Gasteiger charge is -1.94. The number of thiazole rings is 1. The third-order valence-corrected chi connectivity index (χ3v) is 3.18. The van der Waals surface area contributed by atoms with E-state index in [1.54, 1.807) is 6.20 Å². The van der Waals surface area contributed by atoms with E-state index in [-0.39, 0.29) is 5.69 Å². The van der Waals surface area contributed by atoms with Crippen LogP contribution in [0, 0.1) is 0 Å². The summed E-state index contributed by atoms with van der Waals surface area (Å²) in [5.41, 5.74) is 0.607. The molecule has 6 nitrogen and oxygen atoms in total. The van der Waals surface area contributed by atoms with Crippen LogP contribution in [0.15, 0.2) is 6.20 Å². The first-order valence-electron chi connectivity index (χ1n) is 4.70. The van der Waals surface area contributed by atoms with Crippen molar-refractivity contribution in [3.8, 4) is 10.7 Å². The molecule has 0 atom stereocenters. The zero-order valence-electron chi connectivity index (χ0n) is 8.85. The monoisotopic (exact) mass is 238 g/mol. The molecule has 0 unspecified atom stereocenters. The Kier molecular flexibility index (Phi) is 2.95. The molecule has 2 rings (SSSR count). The minimum atomic E-state index is -0.517. The van der Waals surface area contributed by atoms with Crippen molar-refractivity contribution in [3.05, 3.63) is 16.8 Å². The zero-order chi connectivity index (χ0) is 11.5. The fraction of sp³-hybridized carbons (Fsp3) is 0.333. The number of carbonyl (C=O) groups is 1. The number of aromatic nitrogens is 4. The normalized spacial score (nSPS) is 10.4. The number of carbonyl (C=O) groups excluding carboxylic acids is 1. The number of H-pyrrole nitrogens is 1. The minimum Gasteiger partial charge on any atom is -0.464 e. The van der Waals surface area contributed by atoms with Crippen molar-refractivity contribution in [1.29, 1.82) is 0 Å². The van der Waals surface area contributed by atoms with Crippen LogP contribution >= 0.6 is 11.3 Å². The number of aromatic amines is 1. The third-order valence-electron chi connectivity index (χ3n) is 2.03. The predicted octanol–water partition coefficient (Wildman–Crippen LogP) is 1.28. The SMILES string of the molecule is CCc1cnc(-c2n[nH]nc2C(=O)OC)s1. The summed E-state index contributed by atoms with van der Waals surface area (Å²) in [5.74, 6) is -0.517. The minimum absolute atomic E-state index is 0.166. The first-order chi connectivity index (χ1) is 7.76. The standard InChI is InChI=1S/C9H10N4O2S/c1-3-5-4-10-8(16-5)6-7(9(14)15-2)12-13-11-6/h4H,3H2,1-2H3,(H,11,12,13). The largest absolute Gasteiger partial charge is 0.464 e. The van der Waals surface area contributed by atoms with Crippen molar-refractivity contribution >= 4 is 17.3 Å². The van der Waals surface area contributed by atoms with Gasteiger partial charge in [0.15, 0.2) is 5.69 Å². The third kappa shape index (κ3) is 1.81. The van der Waals surface area contributed by atoms with Crippen LogP contribution < -0.4 is 0 Å². The predicted molar refractivity (Wildman–Crippen MR) is 58.2 cm³/mol. The molecule has 7 heteroatoms. The number of hydrogen-bond donors (Lipinski definition) is 1. The molecule has 0 amide bonds. The lowest BCUT2D eigenvalue weighted by molar-refractivity contribution is 0.0595. The highest BCUT2D eigenvalue weighted by Gasteiger charge is 2.20. The average molecular weight is 238 g/mol. The van der Waals surface area contributed by atoms with Crippen molar-refractivity contribution in [2.45, 2.75) is 13.3 Å². The van der Waals surface area contributed by atoms with Gasteiger partial charge in [0, 0.05) is 11.1 Å². The number of methoxy groups -OCH3 is 1. The van der Waals surface area contributed by atoms with Gasteiger partial charge in [-0.25, -0.2) is 9.78 Å². The van der Waals surface area contributed by atoms with Crippen LogP contribution in [0.1, 0.15) is 22.3 Å². The molecule has 0 saturated carbocycles. The van der Waals surface area contributed by atoms with E-state index < -0.39 is 5.97 Å². The molecule has 0 aromatic carbocycles. The molecule has 16 heavy (non-hydrogen) atoms. The van der Waals surface area contributed by atoms with Gasteiger partial charge in [-0.3, -0.25) is 0 Å². The number of nitrogens with one attached hydrogen (secondary N) is 1. The fourth-order valence-corrected chi connectivity index (χ4v) is 2.04. The molecule has 0 aliphatic heterocycles. The molecule has 0 fully saturated rings. The molecule has 2 aromatic heterocycles. The summed E-state index contributed by atoms with van der Waals surface area (Å²) in [7, 11) is 1.31. The number of esters is 1. The van der Waals surface area contributed by atoms with E-state index in [4.69, 9.17) is 0 Å². The fourth-order valence-electron chi connectivity index (χ4n) is 1.20. The second-order valence-corrected chi connectivity index (χ2v) is 4.11. The number of aryl methyl sites for hydroxylation is 1. The van der Waals surface area contributed by atoms with Gasteiger partial charge in [-0.2, -0.15) is 10.3 Å². The Labute approximate surface area is 95.7 Å². The summed E-state index contributed by atoms with van der Waals surface area (Å²) in [6.07, 6.45) is 2.68. The summed E-state index contributed by atoms with van der Waals surface area (Å²) < 4.78 is 4.61. The Morgan fingerprint density at radius 1 is 1.56 bits per heavy atom. The summed E-state index contributed by atoms with van der Waals surface area (Å²) in [6.45, 7) is 2.04. The van der Waals surface area contributed by atoms with Gasteiger partial charge in [-0.05, 0) is 6.42 Å². The molecule has 2 aromatic rings. The Balaban J connectivity index is 2.40. The second kappa shape index (κ2) is 4.40. The van der Waals surface area contributed by atoms with E-state index >= 15 is 0 Å². The average Bonchev–Trinajstić information content (AvgIpc) is 2.95. The lowest BCUT2D eigenvalue weighted by Crippen LogP contribution is -2.03. The molecule has 0 aliphatic carbocycles. The highest BCUT2D eigenvalue weighted by molar-refractivity contribution is 7.15. The summed E-state index contributed by atoms with van der Waals surface area (Å²) in [5, 5.41) is 10.7. The van der Waals surface area contributed by atoms with Crippen molar-refractivity contribution < 1.29 is 9.53 Å². The Morgan fingerprint density at radius 3 is 3.00 bits per heavy atom. The van der Waals surface area contributed by atoms with Crippen molar-refractivity contribution in [2.24, 2.45) is 0 Å². The van der Waals surface area contributed by atoms with Crippen molar-refractivity contribution in [3.63, 3.8) is 0 Å². The van der Waals surface area contributed by atoms with Gasteiger partial charge in [0.25, 0.3) is 0 Å². The maximum Gasteiger partial charge on any atom is 0.361 e. The Bertz CT molecular complexity index is 505. The number of ether oxygens (including phenoxy) is 1. The van der Waals surface area contributed by atoms with Crippen LogP contribution in [0.5, 0.6) is 0 Å². The number of hydrogen-bond acceptors (Lipinski definition) is 6. The highest BCUT2D eigenvalue weighted by atomic mass is 32.1. The van der Waals surface area contributed by atoms with Crippen LogP contribution in [-0.4, -0.2) is 33.5 Å². The maximum atomic E-state index is 11.4. The zero-order valence-corrected chi connectivity index (χ0v) is 9.67. The molecule has 1 N–H and O–H groups in total. The molecule has 0 saturated heterocycles. The van der Waals surface area contributed by atoms with Crippen molar-refractivity contribution in [2.75, 3.05) is 7.11 Å². The van der Waals surface area contributed by atoms with Gasteiger partial charge < -0.3 is 4.74 Å². The van der Waals surface area contributed by atoms with Gasteiger partial charge in [0.1, 0.15) is 5.01 Å². The summed E-state index contributed by atoms with van der Waals surface area (Å²) >= 11 is 1.49. The van der Waals surface area contributed by atoms with E-state index in [9.17, 15) is 4.79 Å². The van der Waals surface area contributed by atoms with Crippen LogP contribution in [-0.2, 0) is 11.2 Å². The van der Waals surface area contributed by atoms with E-state index in [0.29, 0.717) is 10.7 Å². The second-order valence-electron chi connectivity index (χ2n) is 3.00. The van der Waals surface area contributed by atoms with Crippen LogP contribution in [0.25, 0.3) is 10.7 Å². The topological polar surface area (TPSA) is 80.8 Å². The van der Waals surface area contributed by atoms with Crippen LogP contribution in [0.2, 0.25) is 0 Å². The van der Waals surface area contributed by atoms with E-state index in [1.807, 2.05) is 6.92 Å². The molecular weight excluding hydrogens is 228 g/mol. The number of nitrogens with zero attached hydrogens (tertiary/aromatic N) is 3. The van der Waals surface area contributed by atoms with Crippen LogP contribution in [0.3, 0.4) is 0 Å². The quantitative estimate of drug-likeness (QED) is 0.814. The highest BCUT2D eigenvalue weighted by Crippen LogP contribution is 2.25. The van der Waals surface area contributed by atoms with Crippen molar-refractivity contribution in [1.82, 2.24) is 20.4 Å². The smallest absolute Gasteiger partial charge is 0.361 e. The van der Waals surface area contributed by atoms with Gasteiger partial charge in [-0.1, -0.05) is 6.92 Å². The van der Waals surface area contributed by atoms with Gasteiger partial charge in [0.05, 0.1) is 7.11 Å². The van der Waals surface area contributed by atoms with Gasteiger partial charge in [-0.15, -0.1) is 16.4 Å². The Morgan fingerprint density at radius 2 is 2.38 bits per heavy atom. The van der Waals surface area contributed by atoms with Gasteiger partial charge in [0.2, 0.25) is 5.69 Å². The molecule has 0 bridgehead atoms. The number of rotatable bonds is 3. The lowest BCUT2D eigenvalue weighted by atomic mass is 10.3. The molecule has 2 heterocycles. The van der Waals surface area contributed by atoms with E-state index in [0.717, 1.165) is 11.3 Å². The molecule has 84 valence electrons. The molecule has 0 spiro atoms. The molecular formula is C9H10N4O2S. The Hall–Kier alpha value is -1.76. The van der Waals surface area contributed by atoms with E-state index in [1.165, 1.54) is 18.4 Å². The van der Waals surface area contributed by atoms with Gasteiger partial charge >= 0.3 is 5.97 Å². The summed E-state index contributed by atoms with van der Waals surface area (Å²) in [6, 6.07) is 0. The first-order valence-corrected chi connectivity index (χ1v) is 5.52. The molecule has 0 aliphatic rings.